The minimum absolute atomic E-state index is 0. The summed E-state index contributed by atoms with van der Waals surface area (Å²) in [5.74, 6) is 1.33. The number of nitrogens with two attached hydrogens (primary N) is 1. The van der Waals surface area contributed by atoms with Crippen molar-refractivity contribution in [3.63, 3.8) is 0 Å². The molecule has 6 heteroatoms. The lowest BCUT2D eigenvalue weighted by Gasteiger charge is -2.18. The highest BCUT2D eigenvalue weighted by Gasteiger charge is 2.41. The molecule has 2 aliphatic rings. The van der Waals surface area contributed by atoms with Gasteiger partial charge in [0, 0.05) is 23.6 Å². The highest BCUT2D eigenvalue weighted by molar-refractivity contribution is 9.10. The zero-order chi connectivity index (χ0) is 15.0. The molecule has 0 spiro atoms. The van der Waals surface area contributed by atoms with Gasteiger partial charge in [-0.05, 0) is 65.2 Å². The van der Waals surface area contributed by atoms with Gasteiger partial charge in [-0.2, -0.15) is 0 Å². The second-order valence-electron chi connectivity index (χ2n) is 6.39. The number of amides is 1. The zero-order valence-electron chi connectivity index (χ0n) is 12.7. The van der Waals surface area contributed by atoms with Gasteiger partial charge in [0.1, 0.15) is 0 Å². The molecule has 3 N–H and O–H groups in total. The lowest BCUT2D eigenvalue weighted by atomic mass is 9.98. The third-order valence-electron chi connectivity index (χ3n) is 4.75. The average molecular weight is 389 g/mol. The molecule has 22 heavy (non-hydrogen) atoms. The second kappa shape index (κ2) is 7.30. The van der Waals surface area contributed by atoms with E-state index in [2.05, 4.69) is 26.1 Å². The summed E-state index contributed by atoms with van der Waals surface area (Å²) in [6, 6.07) is 6.27. The number of hydrogen-bond donors (Lipinski definition) is 2. The molecule has 1 aromatic rings. The van der Waals surface area contributed by atoms with Gasteiger partial charge in [-0.15, -0.1) is 12.4 Å². The van der Waals surface area contributed by atoms with Crippen molar-refractivity contribution in [2.75, 3.05) is 25.0 Å². The van der Waals surface area contributed by atoms with Gasteiger partial charge in [0.25, 0.3) is 0 Å². The monoisotopic (exact) mass is 387 g/mol. The molecule has 0 radical (unpaired) electrons. The van der Waals surface area contributed by atoms with Gasteiger partial charge >= 0.3 is 0 Å². The van der Waals surface area contributed by atoms with Crippen LogP contribution in [0.2, 0.25) is 0 Å². The summed E-state index contributed by atoms with van der Waals surface area (Å²) < 4.78 is 0.927. The molecule has 2 fully saturated rings. The van der Waals surface area contributed by atoms with E-state index in [1.807, 2.05) is 25.1 Å². The standard InChI is InChI=1S/C16H22BrN3O.ClH/c1-10-2-5-15(13(17)6-10)19-16(21)9-20-7-11-3-4-14(18)12(11)8-20;/h2,5-6,11-12,14H,3-4,7-9,18H2,1H3,(H,19,21);1H. The molecule has 3 rings (SSSR count). The SMILES string of the molecule is Cc1ccc(NC(=O)CN2CC3CCC(N)C3C2)c(Br)c1.Cl. The van der Waals surface area contributed by atoms with Crippen LogP contribution in [0.1, 0.15) is 18.4 Å². The Morgan fingerprint density at radius 2 is 2.18 bits per heavy atom. The molecule has 1 amide bonds. The van der Waals surface area contributed by atoms with Gasteiger partial charge in [-0.1, -0.05) is 6.07 Å². The van der Waals surface area contributed by atoms with Crippen LogP contribution in [0, 0.1) is 18.8 Å². The number of likely N-dealkylation sites (tertiary alicyclic amines) is 1. The van der Waals surface area contributed by atoms with Crippen LogP contribution in [-0.2, 0) is 4.79 Å². The van der Waals surface area contributed by atoms with Gasteiger partial charge in [0.05, 0.1) is 12.2 Å². The summed E-state index contributed by atoms with van der Waals surface area (Å²) >= 11 is 3.49. The highest BCUT2D eigenvalue weighted by Crippen LogP contribution is 2.36. The smallest absolute Gasteiger partial charge is 0.238 e. The molecule has 1 aromatic carbocycles. The quantitative estimate of drug-likeness (QED) is 0.837. The molecule has 1 heterocycles. The second-order valence-corrected chi connectivity index (χ2v) is 7.25. The summed E-state index contributed by atoms with van der Waals surface area (Å²) in [6.45, 7) is 4.47. The third kappa shape index (κ3) is 3.82. The van der Waals surface area contributed by atoms with Gasteiger partial charge in [-0.25, -0.2) is 0 Å². The van der Waals surface area contributed by atoms with E-state index in [1.165, 1.54) is 12.0 Å². The topological polar surface area (TPSA) is 58.4 Å². The number of nitrogens with zero attached hydrogens (tertiary/aromatic N) is 1. The maximum absolute atomic E-state index is 12.2. The van der Waals surface area contributed by atoms with Gasteiger partial charge in [0.2, 0.25) is 5.91 Å². The first-order valence-corrected chi connectivity index (χ1v) is 8.36. The summed E-state index contributed by atoms with van der Waals surface area (Å²) in [5, 5.41) is 2.98. The highest BCUT2D eigenvalue weighted by atomic mass is 79.9. The van der Waals surface area contributed by atoms with Crippen LogP contribution in [0.5, 0.6) is 0 Å². The molecular formula is C16H23BrClN3O. The van der Waals surface area contributed by atoms with Crippen molar-refractivity contribution >= 4 is 39.9 Å². The number of hydrogen-bond acceptors (Lipinski definition) is 3. The number of halogens is 2. The Labute approximate surface area is 146 Å². The number of rotatable bonds is 3. The number of carbonyl (C=O) groups is 1. The van der Waals surface area contributed by atoms with E-state index in [9.17, 15) is 4.79 Å². The van der Waals surface area contributed by atoms with Crippen LogP contribution in [-0.4, -0.2) is 36.5 Å². The minimum Gasteiger partial charge on any atom is -0.327 e. The molecule has 3 unspecified atom stereocenters. The van der Waals surface area contributed by atoms with E-state index in [1.54, 1.807) is 0 Å². The predicted molar refractivity (Wildman–Crippen MR) is 95.4 cm³/mol. The number of benzene rings is 1. The fraction of sp³-hybridized carbons (Fsp3) is 0.562. The van der Waals surface area contributed by atoms with E-state index in [-0.39, 0.29) is 18.3 Å². The molecule has 1 saturated carbocycles. The summed E-state index contributed by atoms with van der Waals surface area (Å²) in [7, 11) is 0. The summed E-state index contributed by atoms with van der Waals surface area (Å²) in [6.07, 6.45) is 2.36. The largest absolute Gasteiger partial charge is 0.327 e. The Hall–Kier alpha value is -0.620. The first-order chi connectivity index (χ1) is 10.0. The fourth-order valence-corrected chi connectivity index (χ4v) is 4.24. The van der Waals surface area contributed by atoms with E-state index in [4.69, 9.17) is 5.73 Å². The van der Waals surface area contributed by atoms with E-state index in [0.717, 1.165) is 29.7 Å². The van der Waals surface area contributed by atoms with Crippen molar-refractivity contribution in [2.24, 2.45) is 17.6 Å². The Balaban J connectivity index is 0.00000176. The lowest BCUT2D eigenvalue weighted by molar-refractivity contribution is -0.117. The molecule has 4 nitrogen and oxygen atoms in total. The van der Waals surface area contributed by atoms with Crippen LogP contribution in [0.4, 0.5) is 5.69 Å². The number of fused-ring (bicyclic) bond motifs is 1. The van der Waals surface area contributed by atoms with E-state index < -0.39 is 0 Å². The molecular weight excluding hydrogens is 366 g/mol. The van der Waals surface area contributed by atoms with Crippen LogP contribution in [0.3, 0.4) is 0 Å². The first-order valence-electron chi connectivity index (χ1n) is 7.57. The van der Waals surface area contributed by atoms with Crippen molar-refractivity contribution in [1.29, 1.82) is 0 Å². The van der Waals surface area contributed by atoms with Crippen LogP contribution < -0.4 is 11.1 Å². The van der Waals surface area contributed by atoms with E-state index in [0.29, 0.717) is 24.4 Å². The molecule has 1 aliphatic heterocycles. The molecule has 1 aliphatic carbocycles. The maximum Gasteiger partial charge on any atom is 0.238 e. The summed E-state index contributed by atoms with van der Waals surface area (Å²) in [4.78, 5) is 14.4. The molecule has 0 bridgehead atoms. The van der Waals surface area contributed by atoms with Crippen LogP contribution in [0.15, 0.2) is 22.7 Å². The number of anilines is 1. The average Bonchev–Trinajstić information content (AvgIpc) is 2.95. The van der Waals surface area contributed by atoms with Crippen molar-refractivity contribution in [2.45, 2.75) is 25.8 Å². The Bertz CT molecular complexity index is 554. The van der Waals surface area contributed by atoms with Crippen molar-refractivity contribution in [3.05, 3.63) is 28.2 Å². The predicted octanol–water partition coefficient (Wildman–Crippen LogP) is 2.79. The number of nitrogens with one attached hydrogen (secondary N) is 1. The van der Waals surface area contributed by atoms with E-state index >= 15 is 0 Å². The van der Waals surface area contributed by atoms with Crippen molar-refractivity contribution in [1.82, 2.24) is 4.90 Å². The van der Waals surface area contributed by atoms with Crippen LogP contribution >= 0.6 is 28.3 Å². The molecule has 1 saturated heterocycles. The Morgan fingerprint density at radius 1 is 1.41 bits per heavy atom. The summed E-state index contributed by atoms with van der Waals surface area (Å²) in [5.41, 5.74) is 8.14. The Kier molecular flexibility index (Phi) is 5.88. The van der Waals surface area contributed by atoms with Gasteiger partial charge in [0.15, 0.2) is 0 Å². The van der Waals surface area contributed by atoms with Crippen molar-refractivity contribution in [3.8, 4) is 0 Å². The number of carbonyl (C=O) groups excluding carboxylic acids is 1. The fourth-order valence-electron chi connectivity index (χ4n) is 3.64. The Morgan fingerprint density at radius 3 is 2.86 bits per heavy atom. The minimum atomic E-state index is 0. The number of aryl methyl sites for hydroxylation is 1. The maximum atomic E-state index is 12.2. The van der Waals surface area contributed by atoms with Crippen molar-refractivity contribution < 1.29 is 4.79 Å². The lowest BCUT2D eigenvalue weighted by Crippen LogP contribution is -2.34. The normalized spacial score (nSPS) is 27.3. The molecule has 3 atom stereocenters. The molecule has 122 valence electrons. The van der Waals surface area contributed by atoms with Gasteiger partial charge < -0.3 is 11.1 Å². The molecule has 0 aromatic heterocycles. The third-order valence-corrected chi connectivity index (χ3v) is 5.41. The first kappa shape index (κ1) is 17.7. The van der Waals surface area contributed by atoms with Crippen LogP contribution in [0.25, 0.3) is 0 Å². The zero-order valence-corrected chi connectivity index (χ0v) is 15.1. The van der Waals surface area contributed by atoms with Gasteiger partial charge in [-0.3, -0.25) is 9.69 Å².